The molecule has 0 saturated carbocycles. The minimum atomic E-state index is -0.388. The van der Waals surface area contributed by atoms with Gasteiger partial charge < -0.3 is 4.90 Å². The number of carbonyl (C=O) groups is 1. The zero-order chi connectivity index (χ0) is 20.4. The van der Waals surface area contributed by atoms with Gasteiger partial charge in [-0.25, -0.2) is 19.3 Å². The summed E-state index contributed by atoms with van der Waals surface area (Å²) >= 11 is 0. The molecule has 146 valence electrons. The maximum absolute atomic E-state index is 13.3. The third-order valence-electron chi connectivity index (χ3n) is 4.31. The van der Waals surface area contributed by atoms with Crippen LogP contribution in [0.3, 0.4) is 0 Å². The van der Waals surface area contributed by atoms with Crippen LogP contribution in [-0.2, 0) is 6.54 Å². The minimum absolute atomic E-state index is 0.270. The highest BCUT2D eigenvalue weighted by atomic mass is 19.1. The third-order valence-corrected chi connectivity index (χ3v) is 4.31. The van der Waals surface area contributed by atoms with Crippen LogP contribution in [0.5, 0.6) is 0 Å². The lowest BCUT2D eigenvalue weighted by Gasteiger charge is -2.11. The number of rotatable bonds is 5. The summed E-state index contributed by atoms with van der Waals surface area (Å²) in [6.45, 7) is 0.346. The molecule has 0 unspecified atom stereocenters. The lowest BCUT2D eigenvalue weighted by atomic mass is 10.2. The number of imidazole rings is 1. The lowest BCUT2D eigenvalue weighted by Crippen LogP contribution is -2.17. The SMILES string of the molecule is CN(C)c1ncnc2c1nc(NC(=O)c1ccccn1)n2Cc1ccc(F)cc1. The van der Waals surface area contributed by atoms with Gasteiger partial charge in [0.2, 0.25) is 5.95 Å². The number of pyridine rings is 1. The molecule has 0 saturated heterocycles. The van der Waals surface area contributed by atoms with E-state index in [1.165, 1.54) is 18.5 Å². The second kappa shape index (κ2) is 7.63. The second-order valence-electron chi connectivity index (χ2n) is 6.58. The molecule has 29 heavy (non-hydrogen) atoms. The normalized spacial score (nSPS) is 10.9. The Balaban J connectivity index is 1.79. The van der Waals surface area contributed by atoms with E-state index in [-0.39, 0.29) is 17.4 Å². The molecule has 0 aliphatic carbocycles. The van der Waals surface area contributed by atoms with Crippen molar-refractivity contribution in [1.29, 1.82) is 0 Å². The van der Waals surface area contributed by atoms with Gasteiger partial charge in [-0.05, 0) is 29.8 Å². The number of fused-ring (bicyclic) bond motifs is 1. The number of anilines is 2. The van der Waals surface area contributed by atoms with Gasteiger partial charge in [-0.1, -0.05) is 18.2 Å². The minimum Gasteiger partial charge on any atom is -0.361 e. The van der Waals surface area contributed by atoms with Crippen LogP contribution in [0.4, 0.5) is 16.2 Å². The Bertz CT molecular complexity index is 1160. The summed E-state index contributed by atoms with van der Waals surface area (Å²) in [5.41, 5.74) is 2.22. The van der Waals surface area contributed by atoms with Gasteiger partial charge in [0.1, 0.15) is 17.8 Å². The van der Waals surface area contributed by atoms with Crippen LogP contribution in [0, 0.1) is 5.82 Å². The number of aromatic nitrogens is 5. The summed E-state index contributed by atoms with van der Waals surface area (Å²) in [5, 5.41) is 2.80. The smallest absolute Gasteiger partial charge is 0.276 e. The van der Waals surface area contributed by atoms with E-state index in [2.05, 4.69) is 25.3 Å². The highest BCUT2D eigenvalue weighted by molar-refractivity contribution is 6.03. The average Bonchev–Trinajstić information content (AvgIpc) is 3.07. The Morgan fingerprint density at radius 2 is 1.90 bits per heavy atom. The van der Waals surface area contributed by atoms with Gasteiger partial charge in [0.25, 0.3) is 5.91 Å². The predicted molar refractivity (Wildman–Crippen MR) is 107 cm³/mol. The van der Waals surface area contributed by atoms with Gasteiger partial charge in [-0.3, -0.25) is 19.7 Å². The molecule has 0 radical (unpaired) electrons. The number of nitrogens with one attached hydrogen (secondary N) is 1. The third kappa shape index (κ3) is 3.75. The molecule has 4 aromatic rings. The van der Waals surface area contributed by atoms with Crippen molar-refractivity contribution in [2.45, 2.75) is 6.54 Å². The van der Waals surface area contributed by atoms with E-state index in [4.69, 9.17) is 0 Å². The topological polar surface area (TPSA) is 88.8 Å². The molecule has 4 rings (SSSR count). The maximum Gasteiger partial charge on any atom is 0.276 e. The molecule has 1 N–H and O–H groups in total. The van der Waals surface area contributed by atoms with Crippen molar-refractivity contribution in [1.82, 2.24) is 24.5 Å². The number of benzene rings is 1. The second-order valence-corrected chi connectivity index (χ2v) is 6.58. The van der Waals surface area contributed by atoms with Crippen LogP contribution in [0.25, 0.3) is 11.2 Å². The van der Waals surface area contributed by atoms with Crippen LogP contribution in [0.15, 0.2) is 55.0 Å². The summed E-state index contributed by atoms with van der Waals surface area (Å²) < 4.78 is 15.1. The quantitative estimate of drug-likeness (QED) is 0.563. The summed E-state index contributed by atoms with van der Waals surface area (Å²) in [6.07, 6.45) is 3.00. The molecule has 1 aromatic carbocycles. The van der Waals surface area contributed by atoms with Gasteiger partial charge in [0.15, 0.2) is 17.0 Å². The van der Waals surface area contributed by atoms with Crippen molar-refractivity contribution >= 4 is 28.8 Å². The van der Waals surface area contributed by atoms with Crippen molar-refractivity contribution in [3.05, 3.63) is 72.1 Å². The zero-order valence-corrected chi connectivity index (χ0v) is 15.9. The lowest BCUT2D eigenvalue weighted by molar-refractivity contribution is 0.102. The first kappa shape index (κ1) is 18.5. The van der Waals surface area contributed by atoms with Crippen LogP contribution in [0.2, 0.25) is 0 Å². The Labute approximate surface area is 166 Å². The van der Waals surface area contributed by atoms with Gasteiger partial charge in [0.05, 0.1) is 6.54 Å². The van der Waals surface area contributed by atoms with E-state index < -0.39 is 0 Å². The van der Waals surface area contributed by atoms with Gasteiger partial charge in [-0.15, -0.1) is 0 Å². The van der Waals surface area contributed by atoms with Crippen LogP contribution in [0.1, 0.15) is 16.1 Å². The Kier molecular flexibility index (Phi) is 4.86. The molecule has 0 aliphatic heterocycles. The van der Waals surface area contributed by atoms with E-state index in [1.807, 2.05) is 19.0 Å². The van der Waals surface area contributed by atoms with Crippen molar-refractivity contribution < 1.29 is 9.18 Å². The van der Waals surface area contributed by atoms with E-state index in [0.29, 0.717) is 29.5 Å². The zero-order valence-electron chi connectivity index (χ0n) is 15.9. The first-order valence-electron chi connectivity index (χ1n) is 8.88. The van der Waals surface area contributed by atoms with Crippen molar-refractivity contribution in [3.63, 3.8) is 0 Å². The molecule has 3 aromatic heterocycles. The summed E-state index contributed by atoms with van der Waals surface area (Å²) in [4.78, 5) is 31.7. The van der Waals surface area contributed by atoms with Gasteiger partial charge in [-0.2, -0.15) is 0 Å². The standard InChI is InChI=1S/C20H18FN7O/c1-27(2)17-16-18(24-12-23-17)28(11-13-6-8-14(21)9-7-13)20(25-16)26-19(29)15-5-3-4-10-22-15/h3-10,12H,11H2,1-2H3,(H,25,26,29). The van der Waals surface area contributed by atoms with E-state index in [0.717, 1.165) is 5.56 Å². The molecular formula is C20H18FN7O. The highest BCUT2D eigenvalue weighted by Gasteiger charge is 2.19. The monoisotopic (exact) mass is 391 g/mol. The summed E-state index contributed by atoms with van der Waals surface area (Å²) in [5.74, 6) is 0.232. The number of carbonyl (C=O) groups excluding carboxylic acids is 1. The van der Waals surface area contributed by atoms with Crippen molar-refractivity contribution in [2.24, 2.45) is 0 Å². The van der Waals surface area contributed by atoms with Crippen molar-refractivity contribution in [2.75, 3.05) is 24.3 Å². The maximum atomic E-state index is 13.3. The molecule has 1 amide bonds. The van der Waals surface area contributed by atoms with E-state index >= 15 is 0 Å². The first-order chi connectivity index (χ1) is 14.0. The number of hydrogen-bond donors (Lipinski definition) is 1. The molecular weight excluding hydrogens is 373 g/mol. The molecule has 0 fully saturated rings. The van der Waals surface area contributed by atoms with E-state index in [1.54, 1.807) is 41.1 Å². The molecule has 0 atom stereocenters. The number of hydrogen-bond acceptors (Lipinski definition) is 6. The average molecular weight is 391 g/mol. The Morgan fingerprint density at radius 1 is 1.10 bits per heavy atom. The molecule has 8 nitrogen and oxygen atoms in total. The largest absolute Gasteiger partial charge is 0.361 e. The molecule has 9 heteroatoms. The molecule has 3 heterocycles. The fourth-order valence-electron chi connectivity index (χ4n) is 2.93. The molecule has 0 spiro atoms. The fourth-order valence-corrected chi connectivity index (χ4v) is 2.93. The summed E-state index contributed by atoms with van der Waals surface area (Å²) in [6, 6.07) is 11.2. The van der Waals surface area contributed by atoms with Crippen molar-refractivity contribution in [3.8, 4) is 0 Å². The number of amides is 1. The van der Waals surface area contributed by atoms with E-state index in [9.17, 15) is 9.18 Å². The number of nitrogens with zero attached hydrogens (tertiary/aromatic N) is 6. The number of halogens is 1. The molecule has 0 bridgehead atoms. The van der Waals surface area contributed by atoms with Gasteiger partial charge >= 0.3 is 0 Å². The van der Waals surface area contributed by atoms with Crippen LogP contribution in [-0.4, -0.2) is 44.5 Å². The molecule has 0 aliphatic rings. The fraction of sp³-hybridized carbons (Fsp3) is 0.150. The predicted octanol–water partition coefficient (Wildman–Crippen LogP) is 2.73. The summed E-state index contributed by atoms with van der Waals surface area (Å²) in [7, 11) is 3.71. The first-order valence-corrected chi connectivity index (χ1v) is 8.88. The van der Waals surface area contributed by atoms with Gasteiger partial charge in [0, 0.05) is 20.3 Å². The van der Waals surface area contributed by atoms with Crippen LogP contribution < -0.4 is 10.2 Å². The highest BCUT2D eigenvalue weighted by Crippen LogP contribution is 2.25. The Morgan fingerprint density at radius 3 is 2.59 bits per heavy atom. The van der Waals surface area contributed by atoms with Crippen LogP contribution >= 0.6 is 0 Å². The Hall–Kier alpha value is -3.88.